The molecule has 9 aromatic rings. The fourth-order valence-corrected chi connectivity index (χ4v) is 5.84. The molecule has 0 aliphatic carbocycles. The van der Waals surface area contributed by atoms with E-state index in [4.69, 9.17) is 29.0 Å². The molecular weight excluding hydrogens is 550 g/mol. The van der Waals surface area contributed by atoms with Crippen LogP contribution in [-0.2, 0) is 0 Å². The first-order valence-corrected chi connectivity index (χ1v) is 14.4. The van der Waals surface area contributed by atoms with Gasteiger partial charge >= 0.3 is 0 Å². The average molecular weight is 583 g/mol. The second kappa shape index (κ2) is 10.2. The van der Waals surface area contributed by atoms with Crippen molar-refractivity contribution in [2.45, 2.75) is 0 Å². The zero-order valence-electron chi connectivity index (χ0n) is 30.6. The number of furan rings is 1. The molecule has 0 spiro atoms. The van der Waals surface area contributed by atoms with Gasteiger partial charge in [0.15, 0.2) is 17.5 Å². The van der Waals surface area contributed by atoms with E-state index in [9.17, 15) is 0 Å². The van der Waals surface area contributed by atoms with Crippen LogP contribution >= 0.6 is 0 Å². The Hall–Kier alpha value is -6.13. The van der Waals surface area contributed by atoms with Crippen molar-refractivity contribution in [1.82, 2.24) is 15.0 Å². The third-order valence-electron chi connectivity index (χ3n) is 8.03. The maximum Gasteiger partial charge on any atom is 0.164 e. The van der Waals surface area contributed by atoms with Crippen LogP contribution in [0.4, 0.5) is 0 Å². The standard InChI is InChI=1S/C41H25N3O/c1-2-9-26(10-3-1)29-18-19-31-25-33(22-20-30(31)23-29)40-42-39(32-21-17-27-11-4-5-12-28(27)24-32)43-41(44-40)35-14-8-16-37-38(35)34-13-6-7-15-36(34)45-37/h1-25H/i1D,2D,3D,6D,9D,10D,14D. The number of fused-ring (bicyclic) bond motifs is 5. The van der Waals surface area contributed by atoms with Crippen molar-refractivity contribution in [3.63, 3.8) is 0 Å². The van der Waals surface area contributed by atoms with E-state index < -0.39 is 6.04 Å². The molecule has 45 heavy (non-hydrogen) atoms. The van der Waals surface area contributed by atoms with E-state index in [1.165, 1.54) is 0 Å². The van der Waals surface area contributed by atoms with Gasteiger partial charge < -0.3 is 4.42 Å². The van der Waals surface area contributed by atoms with Gasteiger partial charge in [0.2, 0.25) is 0 Å². The minimum atomic E-state index is -0.431. The second-order valence-corrected chi connectivity index (χ2v) is 10.8. The maximum atomic E-state index is 9.03. The number of benzene rings is 7. The third kappa shape index (κ3) is 4.43. The molecule has 4 heteroatoms. The number of nitrogens with zero attached hydrogens (tertiary/aromatic N) is 3. The molecule has 0 aliphatic heterocycles. The van der Waals surface area contributed by atoms with Gasteiger partial charge in [-0.3, -0.25) is 0 Å². The Labute approximate surface area is 269 Å². The molecule has 9 rings (SSSR count). The van der Waals surface area contributed by atoms with Gasteiger partial charge in [0.05, 0.1) is 9.60 Å². The van der Waals surface area contributed by atoms with Gasteiger partial charge in [-0.2, -0.15) is 0 Å². The van der Waals surface area contributed by atoms with Gasteiger partial charge in [0.1, 0.15) is 11.2 Å². The highest BCUT2D eigenvalue weighted by Crippen LogP contribution is 2.37. The van der Waals surface area contributed by atoms with Crippen LogP contribution in [0.25, 0.3) is 88.8 Å². The van der Waals surface area contributed by atoms with Gasteiger partial charge in [0.25, 0.3) is 0 Å². The number of hydrogen-bond acceptors (Lipinski definition) is 4. The predicted molar refractivity (Wildman–Crippen MR) is 184 cm³/mol. The Morgan fingerprint density at radius 3 is 1.84 bits per heavy atom. The maximum absolute atomic E-state index is 9.03. The molecule has 2 aromatic heterocycles. The summed E-state index contributed by atoms with van der Waals surface area (Å²) in [6.07, 6.45) is 0. The normalized spacial score (nSPS) is 13.7. The Bertz CT molecular complexity index is 2930. The van der Waals surface area contributed by atoms with Crippen molar-refractivity contribution in [2.24, 2.45) is 0 Å². The number of hydrogen-bond donors (Lipinski definition) is 0. The summed E-state index contributed by atoms with van der Waals surface area (Å²) in [6, 6.07) is 32.5. The summed E-state index contributed by atoms with van der Waals surface area (Å²) < 4.78 is 64.5. The van der Waals surface area contributed by atoms with Crippen molar-refractivity contribution in [1.29, 1.82) is 0 Å². The highest BCUT2D eigenvalue weighted by molar-refractivity contribution is 6.11. The lowest BCUT2D eigenvalue weighted by Crippen LogP contribution is -2.00. The average Bonchev–Trinajstić information content (AvgIpc) is 3.53. The molecule has 0 saturated heterocycles. The zero-order chi connectivity index (χ0) is 35.8. The topological polar surface area (TPSA) is 51.8 Å². The summed E-state index contributed by atoms with van der Waals surface area (Å²) in [5, 5.41) is 5.07. The smallest absolute Gasteiger partial charge is 0.164 e. The summed E-state index contributed by atoms with van der Waals surface area (Å²) in [6.45, 7) is 0. The fourth-order valence-electron chi connectivity index (χ4n) is 5.84. The van der Waals surface area contributed by atoms with Gasteiger partial charge in [-0.1, -0.05) is 121 Å². The lowest BCUT2D eigenvalue weighted by Gasteiger charge is -2.11. The van der Waals surface area contributed by atoms with Crippen LogP contribution in [0.2, 0.25) is 0 Å². The molecule has 0 bridgehead atoms. The summed E-state index contributed by atoms with van der Waals surface area (Å²) in [5.74, 6) is 1.10. The first-order valence-electron chi connectivity index (χ1n) is 17.9. The molecule has 2 heterocycles. The van der Waals surface area contributed by atoms with E-state index in [1.807, 2.05) is 72.8 Å². The van der Waals surface area contributed by atoms with E-state index in [1.54, 1.807) is 36.4 Å². The van der Waals surface area contributed by atoms with E-state index >= 15 is 0 Å². The SMILES string of the molecule is [2H]c1ccc2oc3ccc([2H])c(-c4nc(-c5ccc6ccccc6c5)nc(-c5ccc6cc(-c7c([2H])c([2H])c([2H])c([2H])c7[2H])ccc6c5)n4)c3c2c1. The lowest BCUT2D eigenvalue weighted by atomic mass is 10.00. The molecule has 0 atom stereocenters. The van der Waals surface area contributed by atoms with Crippen molar-refractivity contribution in [2.75, 3.05) is 0 Å². The number of para-hydroxylation sites is 1. The molecule has 7 aromatic carbocycles. The lowest BCUT2D eigenvalue weighted by molar-refractivity contribution is 0.669. The van der Waals surface area contributed by atoms with Crippen LogP contribution in [0.3, 0.4) is 0 Å². The van der Waals surface area contributed by atoms with Gasteiger partial charge in [0, 0.05) is 27.5 Å². The molecule has 0 N–H and O–H groups in total. The number of rotatable bonds is 4. The Morgan fingerprint density at radius 2 is 1.07 bits per heavy atom. The van der Waals surface area contributed by atoms with E-state index in [2.05, 4.69) is 0 Å². The number of aromatic nitrogens is 3. The van der Waals surface area contributed by atoms with Crippen LogP contribution in [0.5, 0.6) is 0 Å². The van der Waals surface area contributed by atoms with E-state index in [0.29, 0.717) is 62.1 Å². The molecule has 4 nitrogen and oxygen atoms in total. The summed E-state index contributed by atoms with van der Waals surface area (Å²) in [5.41, 5.74) is 3.74. The quantitative estimate of drug-likeness (QED) is 0.207. The van der Waals surface area contributed by atoms with E-state index in [0.717, 1.165) is 27.1 Å². The van der Waals surface area contributed by atoms with Gasteiger partial charge in [-0.05, 0) is 63.0 Å². The van der Waals surface area contributed by atoms with Crippen LogP contribution < -0.4 is 0 Å². The summed E-state index contributed by atoms with van der Waals surface area (Å²) >= 11 is 0. The molecule has 0 radical (unpaired) electrons. The van der Waals surface area contributed by atoms with Crippen LogP contribution in [-0.4, -0.2) is 15.0 Å². The van der Waals surface area contributed by atoms with Crippen LogP contribution in [0.1, 0.15) is 9.60 Å². The minimum absolute atomic E-state index is 0.142. The van der Waals surface area contributed by atoms with Crippen molar-refractivity contribution < 1.29 is 14.0 Å². The summed E-state index contributed by atoms with van der Waals surface area (Å²) in [7, 11) is 0. The fraction of sp³-hybridized carbons (Fsp3) is 0. The van der Waals surface area contributed by atoms with Crippen molar-refractivity contribution >= 4 is 43.5 Å². The van der Waals surface area contributed by atoms with Crippen LogP contribution in [0, 0.1) is 0 Å². The Kier molecular flexibility index (Phi) is 4.38. The molecule has 0 saturated carbocycles. The molecule has 0 unspecified atom stereocenters. The van der Waals surface area contributed by atoms with Gasteiger partial charge in [-0.25, -0.2) is 15.0 Å². The predicted octanol–water partition coefficient (Wildman–Crippen LogP) is 10.7. The molecular formula is C41H25N3O. The highest BCUT2D eigenvalue weighted by atomic mass is 16.3. The molecule has 0 fully saturated rings. The molecule has 0 aliphatic rings. The van der Waals surface area contributed by atoms with Crippen molar-refractivity contribution in [3.8, 4) is 45.3 Å². The highest BCUT2D eigenvalue weighted by Gasteiger charge is 2.18. The zero-order valence-corrected chi connectivity index (χ0v) is 23.6. The largest absolute Gasteiger partial charge is 0.456 e. The first-order chi connectivity index (χ1) is 25.1. The van der Waals surface area contributed by atoms with Crippen LogP contribution in [0.15, 0.2) is 156 Å². The van der Waals surface area contributed by atoms with E-state index in [-0.39, 0.29) is 35.8 Å². The van der Waals surface area contributed by atoms with Gasteiger partial charge in [-0.15, -0.1) is 0 Å². The minimum Gasteiger partial charge on any atom is -0.456 e. The summed E-state index contributed by atoms with van der Waals surface area (Å²) in [4.78, 5) is 14.9. The third-order valence-corrected chi connectivity index (χ3v) is 8.03. The second-order valence-electron chi connectivity index (χ2n) is 10.8. The Balaban J connectivity index is 1.25. The first kappa shape index (κ1) is 19.2. The molecule has 0 amide bonds. The Morgan fingerprint density at radius 1 is 0.444 bits per heavy atom. The van der Waals surface area contributed by atoms with Crippen molar-refractivity contribution in [3.05, 3.63) is 151 Å². The monoisotopic (exact) mass is 582 g/mol. The molecule has 210 valence electrons.